The summed E-state index contributed by atoms with van der Waals surface area (Å²) in [5, 5.41) is 0. The zero-order chi connectivity index (χ0) is 18.5. The minimum atomic E-state index is -0.550. The van der Waals surface area contributed by atoms with Gasteiger partial charge in [-0.05, 0) is 36.5 Å². The maximum absolute atomic E-state index is 12.8. The molecule has 0 N–H and O–H groups in total. The van der Waals surface area contributed by atoms with Crippen molar-refractivity contribution in [2.45, 2.75) is 25.6 Å². The Balaban J connectivity index is 1.22. The monoisotopic (exact) mass is 367 g/mol. The van der Waals surface area contributed by atoms with Crippen LogP contribution in [0, 0.1) is 5.92 Å². The highest BCUT2D eigenvalue weighted by atomic mass is 16.6. The van der Waals surface area contributed by atoms with Crippen molar-refractivity contribution in [1.29, 1.82) is 0 Å². The Labute approximate surface area is 159 Å². The molecule has 2 aliphatic heterocycles. The number of ether oxygens (including phenoxy) is 3. The fourth-order valence-corrected chi connectivity index (χ4v) is 3.58. The number of carbonyl (C=O) groups excluding carboxylic acids is 1. The number of piperidine rings is 1. The molecule has 0 radical (unpaired) electrons. The molecule has 0 bridgehead atoms. The van der Waals surface area contributed by atoms with Crippen LogP contribution in [0.4, 0.5) is 0 Å². The van der Waals surface area contributed by atoms with Crippen molar-refractivity contribution < 1.29 is 19.0 Å². The molecule has 2 aliphatic rings. The Hall–Kier alpha value is -2.53. The summed E-state index contributed by atoms with van der Waals surface area (Å²) in [6.07, 6.45) is 1.38. The van der Waals surface area contributed by atoms with Gasteiger partial charge in [-0.2, -0.15) is 0 Å². The minimum absolute atomic E-state index is 0.0214. The lowest BCUT2D eigenvalue weighted by atomic mass is 9.97. The molecule has 5 nitrogen and oxygen atoms in total. The molecule has 0 aliphatic carbocycles. The van der Waals surface area contributed by atoms with E-state index in [1.165, 1.54) is 5.56 Å². The van der Waals surface area contributed by atoms with Gasteiger partial charge in [0.15, 0.2) is 11.5 Å². The van der Waals surface area contributed by atoms with Crippen molar-refractivity contribution in [3.05, 3.63) is 60.2 Å². The van der Waals surface area contributed by atoms with E-state index in [9.17, 15) is 4.79 Å². The van der Waals surface area contributed by atoms with Crippen LogP contribution in [0.2, 0.25) is 0 Å². The van der Waals surface area contributed by atoms with Crippen LogP contribution in [0.1, 0.15) is 18.4 Å². The van der Waals surface area contributed by atoms with Crippen LogP contribution in [0.25, 0.3) is 0 Å². The molecule has 1 unspecified atom stereocenters. The lowest BCUT2D eigenvalue weighted by molar-refractivity contribution is -0.143. The van der Waals surface area contributed by atoms with Crippen LogP contribution < -0.4 is 9.47 Å². The topological polar surface area (TPSA) is 48.0 Å². The molecule has 142 valence electrons. The molecule has 2 aromatic carbocycles. The predicted molar refractivity (Wildman–Crippen MR) is 102 cm³/mol. The highest BCUT2D eigenvalue weighted by Gasteiger charge is 2.33. The second-order valence-electron chi connectivity index (χ2n) is 7.13. The predicted octanol–water partition coefficient (Wildman–Crippen LogP) is 3.28. The summed E-state index contributed by atoms with van der Waals surface area (Å²) in [7, 11) is 0. The van der Waals surface area contributed by atoms with Crippen LogP contribution in [-0.2, 0) is 16.1 Å². The maximum Gasteiger partial charge on any atom is 0.267 e. The van der Waals surface area contributed by atoms with Gasteiger partial charge in [0.1, 0.15) is 6.61 Å². The number of benzene rings is 2. The Kier molecular flexibility index (Phi) is 5.58. The number of para-hydroxylation sites is 2. The molecular weight excluding hydrogens is 342 g/mol. The number of nitrogens with zero attached hydrogens (tertiary/aromatic N) is 1. The van der Waals surface area contributed by atoms with Crippen molar-refractivity contribution in [1.82, 2.24) is 4.90 Å². The Morgan fingerprint density at radius 1 is 1.00 bits per heavy atom. The van der Waals surface area contributed by atoms with Crippen LogP contribution in [-0.4, -0.2) is 43.2 Å². The van der Waals surface area contributed by atoms with Crippen LogP contribution in [0.5, 0.6) is 11.5 Å². The smallest absolute Gasteiger partial charge is 0.267 e. The van der Waals surface area contributed by atoms with Crippen molar-refractivity contribution in [2.24, 2.45) is 5.92 Å². The number of fused-ring (bicyclic) bond motifs is 1. The number of rotatable bonds is 5. The fraction of sp³-hybridized carbons (Fsp3) is 0.409. The third-order valence-electron chi connectivity index (χ3n) is 5.18. The largest absolute Gasteiger partial charge is 0.485 e. The normalized spacial score (nSPS) is 19.7. The Morgan fingerprint density at radius 2 is 1.70 bits per heavy atom. The van der Waals surface area contributed by atoms with Gasteiger partial charge in [0.25, 0.3) is 5.91 Å². The van der Waals surface area contributed by atoms with E-state index in [1.807, 2.05) is 47.4 Å². The van der Waals surface area contributed by atoms with E-state index in [1.54, 1.807) is 0 Å². The second-order valence-corrected chi connectivity index (χ2v) is 7.13. The van der Waals surface area contributed by atoms with Gasteiger partial charge in [0.2, 0.25) is 6.10 Å². The van der Waals surface area contributed by atoms with E-state index in [4.69, 9.17) is 14.2 Å². The molecule has 0 spiro atoms. The summed E-state index contributed by atoms with van der Waals surface area (Å²) < 4.78 is 17.4. The summed E-state index contributed by atoms with van der Waals surface area (Å²) in [4.78, 5) is 14.7. The summed E-state index contributed by atoms with van der Waals surface area (Å²) in [5.74, 6) is 1.87. The highest BCUT2D eigenvalue weighted by molar-refractivity contribution is 5.82. The van der Waals surface area contributed by atoms with Crippen molar-refractivity contribution in [3.8, 4) is 11.5 Å². The molecule has 2 aromatic rings. The molecule has 0 saturated carbocycles. The first kappa shape index (κ1) is 17.9. The standard InChI is InChI=1S/C22H25NO4/c24-22(21-16-26-19-8-4-5-9-20(19)27-21)23-12-10-18(11-13-23)15-25-14-17-6-2-1-3-7-17/h1-9,18,21H,10-16H2. The van der Waals surface area contributed by atoms with Crippen LogP contribution in [0.15, 0.2) is 54.6 Å². The Bertz CT molecular complexity index is 756. The number of hydrogen-bond donors (Lipinski definition) is 0. The summed E-state index contributed by atoms with van der Waals surface area (Å²) in [5.41, 5.74) is 1.19. The van der Waals surface area contributed by atoms with E-state index in [-0.39, 0.29) is 12.5 Å². The van der Waals surface area contributed by atoms with E-state index in [2.05, 4.69) is 12.1 Å². The van der Waals surface area contributed by atoms with Crippen LogP contribution >= 0.6 is 0 Å². The van der Waals surface area contributed by atoms with Gasteiger partial charge in [0, 0.05) is 19.7 Å². The molecular formula is C22H25NO4. The van der Waals surface area contributed by atoms with E-state index < -0.39 is 6.10 Å². The quantitative estimate of drug-likeness (QED) is 0.814. The lowest BCUT2D eigenvalue weighted by Crippen LogP contribution is -2.49. The molecule has 0 aromatic heterocycles. The maximum atomic E-state index is 12.8. The van der Waals surface area contributed by atoms with Gasteiger partial charge in [-0.25, -0.2) is 0 Å². The minimum Gasteiger partial charge on any atom is -0.485 e. The average Bonchev–Trinajstić information content (AvgIpc) is 2.74. The van der Waals surface area contributed by atoms with Crippen molar-refractivity contribution in [3.63, 3.8) is 0 Å². The number of carbonyl (C=O) groups is 1. The molecule has 5 heteroatoms. The molecule has 1 saturated heterocycles. The van der Waals surface area contributed by atoms with Crippen molar-refractivity contribution in [2.75, 3.05) is 26.3 Å². The zero-order valence-corrected chi connectivity index (χ0v) is 15.4. The Morgan fingerprint density at radius 3 is 2.48 bits per heavy atom. The number of hydrogen-bond acceptors (Lipinski definition) is 4. The average molecular weight is 367 g/mol. The fourth-order valence-electron chi connectivity index (χ4n) is 3.58. The number of likely N-dealkylation sites (tertiary alicyclic amines) is 1. The number of amides is 1. The lowest BCUT2D eigenvalue weighted by Gasteiger charge is -2.35. The molecule has 1 amide bonds. The first-order valence-electron chi connectivity index (χ1n) is 9.58. The van der Waals surface area contributed by atoms with Gasteiger partial charge in [-0.3, -0.25) is 4.79 Å². The van der Waals surface area contributed by atoms with E-state index in [0.29, 0.717) is 24.0 Å². The van der Waals surface area contributed by atoms with Crippen molar-refractivity contribution >= 4 is 5.91 Å². The third-order valence-corrected chi connectivity index (χ3v) is 5.18. The van der Waals surface area contributed by atoms with Gasteiger partial charge in [-0.1, -0.05) is 42.5 Å². The highest BCUT2D eigenvalue weighted by Crippen LogP contribution is 2.31. The van der Waals surface area contributed by atoms with E-state index in [0.717, 1.165) is 32.5 Å². The summed E-state index contributed by atoms with van der Waals surface area (Å²) >= 11 is 0. The molecule has 2 heterocycles. The van der Waals surface area contributed by atoms with Gasteiger partial charge in [0.05, 0.1) is 6.61 Å². The first-order valence-corrected chi connectivity index (χ1v) is 9.58. The molecule has 4 rings (SSSR count). The molecule has 27 heavy (non-hydrogen) atoms. The van der Waals surface area contributed by atoms with E-state index >= 15 is 0 Å². The van der Waals surface area contributed by atoms with Gasteiger partial charge < -0.3 is 19.1 Å². The zero-order valence-electron chi connectivity index (χ0n) is 15.4. The molecule has 1 atom stereocenters. The second kappa shape index (κ2) is 8.44. The van der Waals surface area contributed by atoms with Gasteiger partial charge >= 0.3 is 0 Å². The first-order chi connectivity index (χ1) is 13.3. The summed E-state index contributed by atoms with van der Waals surface area (Å²) in [6.45, 7) is 3.16. The third kappa shape index (κ3) is 4.42. The molecule has 1 fully saturated rings. The summed E-state index contributed by atoms with van der Waals surface area (Å²) in [6, 6.07) is 17.7. The van der Waals surface area contributed by atoms with Gasteiger partial charge in [-0.15, -0.1) is 0 Å². The SMILES string of the molecule is O=C(C1COc2ccccc2O1)N1CCC(COCc2ccccc2)CC1. The van der Waals surface area contributed by atoms with Crippen LogP contribution in [0.3, 0.4) is 0 Å².